The van der Waals surface area contributed by atoms with Crippen LogP contribution in [0.4, 0.5) is 11.4 Å². The molecule has 1 aromatic rings. The second-order valence-corrected chi connectivity index (χ2v) is 5.88. The lowest BCUT2D eigenvalue weighted by Gasteiger charge is -2.21. The van der Waals surface area contributed by atoms with Crippen LogP contribution < -0.4 is 11.1 Å². The van der Waals surface area contributed by atoms with E-state index in [1.807, 2.05) is 0 Å². The first-order valence-corrected chi connectivity index (χ1v) is 6.98. The molecule has 3 unspecified atom stereocenters. The molecule has 106 valence electrons. The van der Waals surface area contributed by atoms with Crippen molar-refractivity contribution in [3.63, 3.8) is 0 Å². The summed E-state index contributed by atoms with van der Waals surface area (Å²) < 4.78 is 0. The Morgan fingerprint density at radius 1 is 1.25 bits per heavy atom. The predicted octanol–water partition coefficient (Wildman–Crippen LogP) is 2.34. The van der Waals surface area contributed by atoms with Crippen molar-refractivity contribution >= 4 is 23.3 Å². The lowest BCUT2D eigenvalue weighted by atomic mass is 9.88. The number of fused-ring (bicyclic) bond motifs is 2. The van der Waals surface area contributed by atoms with E-state index in [0.717, 1.165) is 19.3 Å². The fourth-order valence-corrected chi connectivity index (χ4v) is 3.64. The quantitative estimate of drug-likeness (QED) is 0.738. The molecule has 4 N–H and O–H groups in total. The van der Waals surface area contributed by atoms with Gasteiger partial charge < -0.3 is 16.2 Å². The van der Waals surface area contributed by atoms with Crippen molar-refractivity contribution in [3.05, 3.63) is 23.8 Å². The lowest BCUT2D eigenvalue weighted by Crippen LogP contribution is -2.28. The number of carbonyl (C=O) groups excluding carboxylic acids is 1. The smallest absolute Gasteiger partial charge is 0.337 e. The second kappa shape index (κ2) is 4.81. The molecule has 20 heavy (non-hydrogen) atoms. The maximum Gasteiger partial charge on any atom is 0.337 e. The highest BCUT2D eigenvalue weighted by Crippen LogP contribution is 2.48. The third-order valence-corrected chi connectivity index (χ3v) is 4.61. The maximum absolute atomic E-state index is 12.3. The van der Waals surface area contributed by atoms with Crippen LogP contribution in [0.25, 0.3) is 0 Å². The fourth-order valence-electron chi connectivity index (χ4n) is 3.64. The summed E-state index contributed by atoms with van der Waals surface area (Å²) in [5, 5.41) is 11.9. The van der Waals surface area contributed by atoms with Crippen LogP contribution in [0.1, 0.15) is 36.0 Å². The first-order valence-electron chi connectivity index (χ1n) is 6.98. The zero-order chi connectivity index (χ0) is 14.3. The van der Waals surface area contributed by atoms with Crippen molar-refractivity contribution in [1.82, 2.24) is 0 Å². The van der Waals surface area contributed by atoms with Crippen molar-refractivity contribution in [2.24, 2.45) is 17.8 Å². The standard InChI is InChI=1S/C15H18N2O3/c16-10-3-4-11(15(19)20)13(7-10)17-14(18)12-6-8-1-2-9(12)5-8/h3-4,7-9,12H,1-2,5-6,16H2,(H,17,18)(H,19,20). The van der Waals surface area contributed by atoms with Crippen LogP contribution in [0.15, 0.2) is 18.2 Å². The van der Waals surface area contributed by atoms with Gasteiger partial charge in [-0.15, -0.1) is 0 Å². The van der Waals surface area contributed by atoms with Gasteiger partial charge in [-0.3, -0.25) is 4.79 Å². The predicted molar refractivity (Wildman–Crippen MR) is 75.4 cm³/mol. The van der Waals surface area contributed by atoms with Gasteiger partial charge in [0.05, 0.1) is 11.3 Å². The topological polar surface area (TPSA) is 92.4 Å². The van der Waals surface area contributed by atoms with Gasteiger partial charge in [0, 0.05) is 11.6 Å². The molecule has 2 bridgehead atoms. The Bertz CT molecular complexity index is 570. The molecule has 5 nitrogen and oxygen atoms in total. The molecule has 0 radical (unpaired) electrons. The Hall–Kier alpha value is -2.04. The highest BCUT2D eigenvalue weighted by molar-refractivity contribution is 6.02. The Morgan fingerprint density at radius 3 is 2.65 bits per heavy atom. The van der Waals surface area contributed by atoms with Gasteiger partial charge in [-0.2, -0.15) is 0 Å². The second-order valence-electron chi connectivity index (χ2n) is 5.88. The largest absolute Gasteiger partial charge is 0.478 e. The number of carboxylic acids is 1. The molecule has 3 rings (SSSR count). The van der Waals surface area contributed by atoms with Gasteiger partial charge in [0.1, 0.15) is 0 Å². The molecule has 2 fully saturated rings. The molecule has 0 heterocycles. The maximum atomic E-state index is 12.3. The molecule has 1 aromatic carbocycles. The summed E-state index contributed by atoms with van der Waals surface area (Å²) in [6.07, 6.45) is 4.42. The first-order chi connectivity index (χ1) is 9.54. The van der Waals surface area contributed by atoms with E-state index in [0.29, 0.717) is 23.2 Å². The molecule has 3 atom stereocenters. The summed E-state index contributed by atoms with van der Waals surface area (Å²) in [5.74, 6) is 0.0419. The molecule has 5 heteroatoms. The molecule has 0 saturated heterocycles. The summed E-state index contributed by atoms with van der Waals surface area (Å²) in [4.78, 5) is 23.5. The van der Waals surface area contributed by atoms with E-state index < -0.39 is 5.97 Å². The minimum absolute atomic E-state index is 0.0248. The van der Waals surface area contributed by atoms with Gasteiger partial charge in [-0.25, -0.2) is 4.79 Å². The minimum atomic E-state index is -1.06. The van der Waals surface area contributed by atoms with Crippen LogP contribution in [-0.2, 0) is 4.79 Å². The SMILES string of the molecule is Nc1ccc(C(=O)O)c(NC(=O)C2CC3CCC2C3)c1. The Balaban J connectivity index is 1.79. The highest BCUT2D eigenvalue weighted by Gasteiger charge is 2.43. The average Bonchev–Trinajstić information content (AvgIpc) is 3.00. The number of carboxylic acid groups (broad SMARTS) is 1. The van der Waals surface area contributed by atoms with Gasteiger partial charge in [0.15, 0.2) is 0 Å². The molecule has 2 aliphatic rings. The molecule has 0 spiro atoms. The van der Waals surface area contributed by atoms with Gasteiger partial charge in [-0.1, -0.05) is 6.42 Å². The molecule has 0 aliphatic heterocycles. The van der Waals surface area contributed by atoms with Gasteiger partial charge in [-0.05, 0) is 49.3 Å². The normalized spacial score (nSPS) is 27.5. The molecule has 0 aromatic heterocycles. The van der Waals surface area contributed by atoms with Crippen LogP contribution in [0.3, 0.4) is 0 Å². The summed E-state index contributed by atoms with van der Waals surface area (Å²) >= 11 is 0. The third-order valence-electron chi connectivity index (χ3n) is 4.61. The number of benzene rings is 1. The number of nitrogen functional groups attached to an aromatic ring is 1. The van der Waals surface area contributed by atoms with E-state index in [9.17, 15) is 9.59 Å². The van der Waals surface area contributed by atoms with E-state index in [1.54, 1.807) is 0 Å². The number of hydrogen-bond acceptors (Lipinski definition) is 3. The van der Waals surface area contributed by atoms with Crippen LogP contribution in [0.2, 0.25) is 0 Å². The van der Waals surface area contributed by atoms with E-state index in [1.165, 1.54) is 24.6 Å². The summed E-state index contributed by atoms with van der Waals surface area (Å²) in [5.41, 5.74) is 6.49. The van der Waals surface area contributed by atoms with E-state index in [-0.39, 0.29) is 17.4 Å². The van der Waals surface area contributed by atoms with Gasteiger partial charge >= 0.3 is 5.97 Å². The van der Waals surface area contributed by atoms with Crippen molar-refractivity contribution in [3.8, 4) is 0 Å². The van der Waals surface area contributed by atoms with Crippen molar-refractivity contribution in [2.45, 2.75) is 25.7 Å². The van der Waals surface area contributed by atoms with Gasteiger partial charge in [0.2, 0.25) is 5.91 Å². The molecule has 2 saturated carbocycles. The van der Waals surface area contributed by atoms with E-state index >= 15 is 0 Å². The molecular formula is C15H18N2O3. The Labute approximate surface area is 117 Å². The first kappa shape index (κ1) is 13.0. The number of nitrogens with two attached hydrogens (primary N) is 1. The van der Waals surface area contributed by atoms with Crippen LogP contribution in [0.5, 0.6) is 0 Å². The molecule has 1 amide bonds. The van der Waals surface area contributed by atoms with E-state index in [4.69, 9.17) is 10.8 Å². The highest BCUT2D eigenvalue weighted by atomic mass is 16.4. The Kier molecular flexibility index (Phi) is 3.12. The summed E-state index contributed by atoms with van der Waals surface area (Å²) in [6.45, 7) is 0. The van der Waals surface area contributed by atoms with Crippen LogP contribution >= 0.6 is 0 Å². The number of carbonyl (C=O) groups is 2. The number of nitrogens with one attached hydrogen (secondary N) is 1. The van der Waals surface area contributed by atoms with Crippen molar-refractivity contribution in [2.75, 3.05) is 11.1 Å². The monoisotopic (exact) mass is 274 g/mol. The third kappa shape index (κ3) is 2.24. The number of aromatic carboxylic acids is 1. The van der Waals surface area contributed by atoms with Crippen LogP contribution in [-0.4, -0.2) is 17.0 Å². The van der Waals surface area contributed by atoms with E-state index in [2.05, 4.69) is 5.32 Å². The minimum Gasteiger partial charge on any atom is -0.478 e. The zero-order valence-electron chi connectivity index (χ0n) is 11.1. The number of amides is 1. The fraction of sp³-hybridized carbons (Fsp3) is 0.467. The number of anilines is 2. The summed E-state index contributed by atoms with van der Waals surface area (Å²) in [6, 6.07) is 4.46. The van der Waals surface area contributed by atoms with Crippen molar-refractivity contribution < 1.29 is 14.7 Å². The molecular weight excluding hydrogens is 256 g/mol. The summed E-state index contributed by atoms with van der Waals surface area (Å²) in [7, 11) is 0. The number of hydrogen-bond donors (Lipinski definition) is 3. The van der Waals surface area contributed by atoms with Crippen molar-refractivity contribution in [1.29, 1.82) is 0 Å². The Morgan fingerprint density at radius 2 is 2.05 bits per heavy atom. The molecule has 2 aliphatic carbocycles. The average molecular weight is 274 g/mol. The zero-order valence-corrected chi connectivity index (χ0v) is 11.1. The number of rotatable bonds is 3. The van der Waals surface area contributed by atoms with Gasteiger partial charge in [0.25, 0.3) is 0 Å². The van der Waals surface area contributed by atoms with Crippen LogP contribution in [0, 0.1) is 17.8 Å². The lowest BCUT2D eigenvalue weighted by molar-refractivity contribution is -0.121.